The molecule has 1 aromatic carbocycles. The molecule has 0 bridgehead atoms. The highest BCUT2D eigenvalue weighted by Gasteiger charge is 2.22. The summed E-state index contributed by atoms with van der Waals surface area (Å²) >= 11 is 0. The molecule has 0 amide bonds. The maximum atomic E-state index is 12.2. The van der Waals surface area contributed by atoms with Gasteiger partial charge in [0.15, 0.2) is 0 Å². The first-order valence-corrected chi connectivity index (χ1v) is 9.65. The van der Waals surface area contributed by atoms with E-state index in [0.29, 0.717) is 18.0 Å². The number of benzene rings is 1. The standard InChI is InChI=1S/C22H28N4O/c1-22(2,3)20-8-9-21(27)26(24-20)16-19-10-12-25(13-11-19)15-18-6-4-17(14-23)5-7-18/h4-9,19H,10-13,15-16H2,1-3H3. The van der Waals surface area contributed by atoms with E-state index >= 15 is 0 Å². The second-order valence-corrected chi connectivity index (χ2v) is 8.52. The lowest BCUT2D eigenvalue weighted by atomic mass is 9.92. The molecule has 1 saturated heterocycles. The Hall–Kier alpha value is -2.45. The quantitative estimate of drug-likeness (QED) is 0.835. The lowest BCUT2D eigenvalue weighted by Crippen LogP contribution is -2.37. The highest BCUT2D eigenvalue weighted by Crippen LogP contribution is 2.22. The van der Waals surface area contributed by atoms with Crippen molar-refractivity contribution in [1.82, 2.24) is 14.7 Å². The third kappa shape index (κ3) is 5.05. The van der Waals surface area contributed by atoms with Crippen molar-refractivity contribution < 1.29 is 0 Å². The van der Waals surface area contributed by atoms with Gasteiger partial charge >= 0.3 is 0 Å². The molecule has 2 aromatic rings. The molecular formula is C22H28N4O. The molecule has 1 aliphatic rings. The zero-order valence-corrected chi connectivity index (χ0v) is 16.5. The van der Waals surface area contributed by atoms with Crippen LogP contribution < -0.4 is 5.56 Å². The summed E-state index contributed by atoms with van der Waals surface area (Å²) in [4.78, 5) is 14.6. The van der Waals surface area contributed by atoms with Crippen LogP contribution in [0.4, 0.5) is 0 Å². The molecule has 2 heterocycles. The molecule has 5 heteroatoms. The summed E-state index contributed by atoms with van der Waals surface area (Å²) in [5.41, 5.74) is 2.83. The van der Waals surface area contributed by atoms with Crippen molar-refractivity contribution >= 4 is 0 Å². The molecule has 5 nitrogen and oxygen atoms in total. The van der Waals surface area contributed by atoms with Crippen LogP contribution in [0.15, 0.2) is 41.2 Å². The number of hydrogen-bond donors (Lipinski definition) is 0. The van der Waals surface area contributed by atoms with Gasteiger partial charge in [0.2, 0.25) is 0 Å². The number of rotatable bonds is 4. The first-order valence-electron chi connectivity index (χ1n) is 9.65. The SMILES string of the molecule is CC(C)(C)c1ccc(=O)n(CC2CCN(Cc3ccc(C#N)cc3)CC2)n1. The van der Waals surface area contributed by atoms with Crippen LogP contribution in [0.1, 0.15) is 50.4 Å². The summed E-state index contributed by atoms with van der Waals surface area (Å²) in [5.74, 6) is 0.489. The maximum Gasteiger partial charge on any atom is 0.266 e. The molecule has 0 spiro atoms. The maximum absolute atomic E-state index is 12.2. The van der Waals surface area contributed by atoms with Gasteiger partial charge in [0.05, 0.1) is 17.3 Å². The van der Waals surface area contributed by atoms with Crippen molar-refractivity contribution in [3.8, 4) is 6.07 Å². The van der Waals surface area contributed by atoms with Gasteiger partial charge in [0.1, 0.15) is 0 Å². The Kier molecular flexibility index (Phi) is 5.76. The molecule has 0 saturated carbocycles. The largest absolute Gasteiger partial charge is 0.299 e. The Labute approximate surface area is 161 Å². The van der Waals surface area contributed by atoms with Gasteiger partial charge in [-0.3, -0.25) is 9.69 Å². The Morgan fingerprint density at radius 2 is 1.78 bits per heavy atom. The fourth-order valence-electron chi connectivity index (χ4n) is 3.49. The summed E-state index contributed by atoms with van der Waals surface area (Å²) in [6.07, 6.45) is 2.15. The molecule has 1 fully saturated rings. The van der Waals surface area contributed by atoms with Gasteiger partial charge in [-0.2, -0.15) is 10.4 Å². The minimum Gasteiger partial charge on any atom is -0.299 e. The van der Waals surface area contributed by atoms with Crippen LogP contribution in [0, 0.1) is 17.2 Å². The Bertz CT molecular complexity index is 863. The number of hydrogen-bond acceptors (Lipinski definition) is 4. The van der Waals surface area contributed by atoms with Crippen molar-refractivity contribution in [2.24, 2.45) is 5.92 Å². The highest BCUT2D eigenvalue weighted by molar-refractivity contribution is 5.31. The monoisotopic (exact) mass is 364 g/mol. The van der Waals surface area contributed by atoms with Crippen LogP contribution in [0.3, 0.4) is 0 Å². The van der Waals surface area contributed by atoms with Crippen molar-refractivity contribution in [3.05, 3.63) is 63.6 Å². The number of aromatic nitrogens is 2. The average molecular weight is 364 g/mol. The van der Waals surface area contributed by atoms with Crippen LogP contribution in [-0.4, -0.2) is 27.8 Å². The van der Waals surface area contributed by atoms with Crippen molar-refractivity contribution in [2.45, 2.75) is 52.1 Å². The molecule has 3 rings (SSSR count). The van der Waals surface area contributed by atoms with Crippen LogP contribution >= 0.6 is 0 Å². The topological polar surface area (TPSA) is 61.9 Å². The second kappa shape index (κ2) is 8.06. The molecule has 0 aliphatic carbocycles. The van der Waals surface area contributed by atoms with Crippen LogP contribution in [0.5, 0.6) is 0 Å². The van der Waals surface area contributed by atoms with E-state index in [9.17, 15) is 4.79 Å². The molecule has 0 radical (unpaired) electrons. The zero-order valence-electron chi connectivity index (χ0n) is 16.5. The van der Waals surface area contributed by atoms with E-state index in [2.05, 4.69) is 36.8 Å². The molecule has 0 atom stereocenters. The second-order valence-electron chi connectivity index (χ2n) is 8.52. The van der Waals surface area contributed by atoms with Gasteiger partial charge in [-0.25, -0.2) is 4.68 Å². The molecule has 1 aromatic heterocycles. The number of nitrogens with zero attached hydrogens (tertiary/aromatic N) is 4. The van der Waals surface area contributed by atoms with E-state index in [1.165, 1.54) is 5.56 Å². The molecular weight excluding hydrogens is 336 g/mol. The molecule has 0 N–H and O–H groups in total. The van der Waals surface area contributed by atoms with E-state index in [-0.39, 0.29) is 11.0 Å². The van der Waals surface area contributed by atoms with Crippen molar-refractivity contribution in [3.63, 3.8) is 0 Å². The predicted molar refractivity (Wildman–Crippen MR) is 106 cm³/mol. The van der Waals surface area contributed by atoms with E-state index in [1.54, 1.807) is 10.7 Å². The lowest BCUT2D eigenvalue weighted by molar-refractivity contribution is 0.163. The number of likely N-dealkylation sites (tertiary alicyclic amines) is 1. The summed E-state index contributed by atoms with van der Waals surface area (Å²) in [6, 6.07) is 13.5. The Balaban J connectivity index is 1.56. The van der Waals surface area contributed by atoms with Gasteiger partial charge in [0, 0.05) is 24.6 Å². The summed E-state index contributed by atoms with van der Waals surface area (Å²) in [6.45, 7) is 10.0. The van der Waals surface area contributed by atoms with Gasteiger partial charge < -0.3 is 0 Å². The number of piperidine rings is 1. The molecule has 1 aliphatic heterocycles. The summed E-state index contributed by atoms with van der Waals surface area (Å²) in [5, 5.41) is 13.5. The summed E-state index contributed by atoms with van der Waals surface area (Å²) in [7, 11) is 0. The van der Waals surface area contributed by atoms with Gasteiger partial charge in [-0.15, -0.1) is 0 Å². The lowest BCUT2D eigenvalue weighted by Gasteiger charge is -2.32. The van der Waals surface area contributed by atoms with E-state index < -0.39 is 0 Å². The minimum atomic E-state index is -0.0556. The van der Waals surface area contributed by atoms with Gasteiger partial charge in [0.25, 0.3) is 5.56 Å². The Morgan fingerprint density at radius 1 is 1.11 bits per heavy atom. The van der Waals surface area contributed by atoms with E-state index in [4.69, 9.17) is 5.26 Å². The van der Waals surface area contributed by atoms with Crippen molar-refractivity contribution in [1.29, 1.82) is 5.26 Å². The minimum absolute atomic E-state index is 0.0111. The normalized spacial score (nSPS) is 16.2. The van der Waals surface area contributed by atoms with Crippen LogP contribution in [-0.2, 0) is 18.5 Å². The third-order valence-corrected chi connectivity index (χ3v) is 5.26. The first kappa shape index (κ1) is 19.3. The average Bonchev–Trinajstić information content (AvgIpc) is 2.65. The fraction of sp³-hybridized carbons (Fsp3) is 0.500. The number of nitriles is 1. The predicted octanol–water partition coefficient (Wildman–Crippen LogP) is 3.32. The van der Waals surface area contributed by atoms with Gasteiger partial charge in [-0.05, 0) is 55.6 Å². The molecule has 142 valence electrons. The van der Waals surface area contributed by atoms with E-state index in [1.807, 2.05) is 30.3 Å². The Morgan fingerprint density at radius 3 is 2.37 bits per heavy atom. The molecule has 27 heavy (non-hydrogen) atoms. The smallest absolute Gasteiger partial charge is 0.266 e. The van der Waals surface area contributed by atoms with Crippen LogP contribution in [0.25, 0.3) is 0 Å². The molecule has 0 unspecified atom stereocenters. The van der Waals surface area contributed by atoms with E-state index in [0.717, 1.165) is 38.2 Å². The van der Waals surface area contributed by atoms with Crippen LogP contribution in [0.2, 0.25) is 0 Å². The first-order chi connectivity index (χ1) is 12.8. The zero-order chi connectivity index (χ0) is 19.4. The third-order valence-electron chi connectivity index (χ3n) is 5.26. The highest BCUT2D eigenvalue weighted by atomic mass is 16.1. The summed E-state index contributed by atoms with van der Waals surface area (Å²) < 4.78 is 1.65. The van der Waals surface area contributed by atoms with Gasteiger partial charge in [-0.1, -0.05) is 32.9 Å². The van der Waals surface area contributed by atoms with Crippen molar-refractivity contribution in [2.75, 3.05) is 13.1 Å². The fourth-order valence-corrected chi connectivity index (χ4v) is 3.49.